The molecule has 1 saturated heterocycles. The van der Waals surface area contributed by atoms with Crippen LogP contribution in [0.4, 0.5) is 0 Å². The molecule has 0 saturated carbocycles. The molecule has 0 spiro atoms. The maximum Gasteiger partial charge on any atom is 0.171 e. The summed E-state index contributed by atoms with van der Waals surface area (Å²) in [7, 11) is 0. The van der Waals surface area contributed by atoms with E-state index in [1.54, 1.807) is 0 Å². The lowest BCUT2D eigenvalue weighted by molar-refractivity contribution is 0.0934. The Bertz CT molecular complexity index is 673. The van der Waals surface area contributed by atoms with Gasteiger partial charge in [0.15, 0.2) is 5.78 Å². The fourth-order valence-electron chi connectivity index (χ4n) is 3.69. The largest absolute Gasteiger partial charge is 0.494 e. The van der Waals surface area contributed by atoms with Crippen molar-refractivity contribution in [2.24, 2.45) is 0 Å². The van der Waals surface area contributed by atoms with Gasteiger partial charge in [-0.15, -0.1) is 0 Å². The predicted molar refractivity (Wildman–Crippen MR) is 106 cm³/mol. The molecule has 0 radical (unpaired) electrons. The Labute approximate surface area is 157 Å². The first-order chi connectivity index (χ1) is 12.8. The van der Waals surface area contributed by atoms with Crippen LogP contribution >= 0.6 is 0 Å². The van der Waals surface area contributed by atoms with Crippen LogP contribution in [-0.4, -0.2) is 36.9 Å². The van der Waals surface area contributed by atoms with E-state index in [9.17, 15) is 4.79 Å². The number of benzene rings is 2. The summed E-state index contributed by atoms with van der Waals surface area (Å²) in [5.74, 6) is 0.892. The summed E-state index contributed by atoms with van der Waals surface area (Å²) in [6.45, 7) is 5.59. The van der Waals surface area contributed by atoms with Crippen molar-refractivity contribution in [1.82, 2.24) is 4.90 Å². The van der Waals surface area contributed by atoms with Crippen LogP contribution in [0.5, 0.6) is 5.75 Å². The number of ketones is 1. The third-order valence-corrected chi connectivity index (χ3v) is 5.11. The quantitative estimate of drug-likeness (QED) is 0.663. The molecule has 0 amide bonds. The standard InChI is InChI=1S/C23H29NO2/c1-2-26-21-14-12-20(13-15-21)23(25)22(19-10-6-5-7-11-19)18-24-16-8-3-4-9-17-24/h5-7,10-15,22H,2-4,8-9,16-18H2,1H3. The highest BCUT2D eigenvalue weighted by Gasteiger charge is 2.25. The summed E-state index contributed by atoms with van der Waals surface area (Å²) in [6.07, 6.45) is 5.08. The molecule has 0 N–H and O–H groups in total. The van der Waals surface area contributed by atoms with Gasteiger partial charge in [-0.1, -0.05) is 43.2 Å². The molecule has 1 aliphatic rings. The highest BCUT2D eigenvalue weighted by molar-refractivity contribution is 6.01. The molecule has 0 aliphatic carbocycles. The molecular weight excluding hydrogens is 322 g/mol. The first kappa shape index (κ1) is 18.7. The molecule has 2 aromatic carbocycles. The number of hydrogen-bond donors (Lipinski definition) is 0. The minimum Gasteiger partial charge on any atom is -0.494 e. The Kier molecular flexibility index (Phi) is 6.84. The van der Waals surface area contributed by atoms with Crippen molar-refractivity contribution in [2.45, 2.75) is 38.5 Å². The van der Waals surface area contributed by atoms with E-state index in [0.717, 1.165) is 36.5 Å². The van der Waals surface area contributed by atoms with Gasteiger partial charge in [0, 0.05) is 12.1 Å². The van der Waals surface area contributed by atoms with Crippen LogP contribution < -0.4 is 4.74 Å². The highest BCUT2D eigenvalue weighted by atomic mass is 16.5. The zero-order valence-electron chi connectivity index (χ0n) is 15.7. The fraction of sp³-hybridized carbons (Fsp3) is 0.435. The number of carbonyl (C=O) groups excluding carboxylic acids is 1. The average Bonchev–Trinajstić information content (AvgIpc) is 2.96. The van der Waals surface area contributed by atoms with Gasteiger partial charge in [-0.2, -0.15) is 0 Å². The van der Waals surface area contributed by atoms with Crippen LogP contribution in [-0.2, 0) is 0 Å². The van der Waals surface area contributed by atoms with Gasteiger partial charge in [0.05, 0.1) is 12.5 Å². The van der Waals surface area contributed by atoms with Gasteiger partial charge in [0.1, 0.15) is 5.75 Å². The van der Waals surface area contributed by atoms with Gasteiger partial charge in [-0.3, -0.25) is 4.79 Å². The lowest BCUT2D eigenvalue weighted by Gasteiger charge is -2.26. The molecule has 0 aromatic heterocycles. The van der Waals surface area contributed by atoms with E-state index in [0.29, 0.717) is 6.61 Å². The van der Waals surface area contributed by atoms with Gasteiger partial charge in [-0.05, 0) is 62.7 Å². The molecule has 0 bridgehead atoms. The van der Waals surface area contributed by atoms with Crippen LogP contribution in [0.3, 0.4) is 0 Å². The van der Waals surface area contributed by atoms with Crippen molar-refractivity contribution in [3.05, 3.63) is 65.7 Å². The topological polar surface area (TPSA) is 29.5 Å². The summed E-state index contributed by atoms with van der Waals surface area (Å²) in [5.41, 5.74) is 1.87. The summed E-state index contributed by atoms with van der Waals surface area (Å²) >= 11 is 0. The molecule has 138 valence electrons. The van der Waals surface area contributed by atoms with Crippen LogP contribution in [0.15, 0.2) is 54.6 Å². The Balaban J connectivity index is 1.80. The van der Waals surface area contributed by atoms with E-state index >= 15 is 0 Å². The summed E-state index contributed by atoms with van der Waals surface area (Å²) in [4.78, 5) is 15.8. The van der Waals surface area contributed by atoms with Gasteiger partial charge < -0.3 is 9.64 Å². The molecule has 3 heteroatoms. The first-order valence-electron chi connectivity index (χ1n) is 9.82. The molecule has 3 rings (SSSR count). The van der Waals surface area contributed by atoms with Crippen molar-refractivity contribution in [1.29, 1.82) is 0 Å². The minimum absolute atomic E-state index is 0.118. The summed E-state index contributed by atoms with van der Waals surface area (Å²) in [6, 6.07) is 17.8. The monoisotopic (exact) mass is 351 g/mol. The van der Waals surface area contributed by atoms with Crippen molar-refractivity contribution in [2.75, 3.05) is 26.2 Å². The van der Waals surface area contributed by atoms with Crippen molar-refractivity contribution in [3.63, 3.8) is 0 Å². The fourth-order valence-corrected chi connectivity index (χ4v) is 3.69. The van der Waals surface area contributed by atoms with Gasteiger partial charge in [-0.25, -0.2) is 0 Å². The lowest BCUT2D eigenvalue weighted by atomic mass is 9.90. The average molecular weight is 351 g/mol. The smallest absolute Gasteiger partial charge is 0.171 e. The number of nitrogens with zero attached hydrogens (tertiary/aromatic N) is 1. The van der Waals surface area contributed by atoms with Crippen molar-refractivity contribution in [3.8, 4) is 5.75 Å². The van der Waals surface area contributed by atoms with Crippen LogP contribution in [0.1, 0.15) is 54.4 Å². The van der Waals surface area contributed by atoms with Gasteiger partial charge in [0.2, 0.25) is 0 Å². The molecular formula is C23H29NO2. The van der Waals surface area contributed by atoms with Crippen LogP contribution in [0.25, 0.3) is 0 Å². The number of ether oxygens (including phenoxy) is 1. The first-order valence-corrected chi connectivity index (χ1v) is 9.82. The predicted octanol–water partition coefficient (Wildman–Crippen LogP) is 4.93. The zero-order valence-corrected chi connectivity index (χ0v) is 15.7. The number of Topliss-reactive ketones (excluding diaryl/α,β-unsaturated/α-hetero) is 1. The van der Waals surface area contributed by atoms with Crippen LogP contribution in [0, 0.1) is 0 Å². The number of hydrogen-bond acceptors (Lipinski definition) is 3. The second-order valence-corrected chi connectivity index (χ2v) is 7.00. The van der Waals surface area contributed by atoms with Gasteiger partial charge >= 0.3 is 0 Å². The van der Waals surface area contributed by atoms with Gasteiger partial charge in [0.25, 0.3) is 0 Å². The maximum atomic E-state index is 13.3. The minimum atomic E-state index is -0.118. The molecule has 1 unspecified atom stereocenters. The second kappa shape index (κ2) is 9.54. The lowest BCUT2D eigenvalue weighted by Crippen LogP contribution is -2.33. The molecule has 1 aliphatic heterocycles. The van der Waals surface area contributed by atoms with E-state index in [1.807, 2.05) is 49.4 Å². The third-order valence-electron chi connectivity index (χ3n) is 5.11. The summed E-state index contributed by atoms with van der Waals surface area (Å²) in [5, 5.41) is 0. The Morgan fingerprint density at radius 1 is 0.962 bits per heavy atom. The van der Waals surface area contributed by atoms with E-state index in [1.165, 1.54) is 25.7 Å². The molecule has 1 heterocycles. The summed E-state index contributed by atoms with van der Waals surface area (Å²) < 4.78 is 5.50. The zero-order chi connectivity index (χ0) is 18.2. The third kappa shape index (κ3) is 4.95. The van der Waals surface area contributed by atoms with Crippen molar-refractivity contribution < 1.29 is 9.53 Å². The molecule has 1 fully saturated rings. The molecule has 2 aromatic rings. The maximum absolute atomic E-state index is 13.3. The van der Waals surface area contributed by atoms with Crippen molar-refractivity contribution >= 4 is 5.78 Å². The normalized spacial score (nSPS) is 16.7. The Hall–Kier alpha value is -2.13. The van der Waals surface area contributed by atoms with E-state index in [-0.39, 0.29) is 11.7 Å². The van der Waals surface area contributed by atoms with E-state index < -0.39 is 0 Å². The number of likely N-dealkylation sites (tertiary alicyclic amines) is 1. The molecule has 1 atom stereocenters. The SMILES string of the molecule is CCOc1ccc(C(=O)C(CN2CCCCCC2)c2ccccc2)cc1. The molecule has 3 nitrogen and oxygen atoms in total. The second-order valence-electron chi connectivity index (χ2n) is 7.00. The molecule has 26 heavy (non-hydrogen) atoms. The highest BCUT2D eigenvalue weighted by Crippen LogP contribution is 2.25. The Morgan fingerprint density at radius 3 is 2.23 bits per heavy atom. The number of rotatable bonds is 7. The van der Waals surface area contributed by atoms with E-state index in [4.69, 9.17) is 4.74 Å². The van der Waals surface area contributed by atoms with E-state index in [2.05, 4.69) is 17.0 Å². The number of carbonyl (C=O) groups is 1. The Morgan fingerprint density at radius 2 is 1.62 bits per heavy atom. The van der Waals surface area contributed by atoms with Crippen LogP contribution in [0.2, 0.25) is 0 Å².